The van der Waals surface area contributed by atoms with Crippen molar-refractivity contribution < 1.29 is 4.92 Å². The van der Waals surface area contributed by atoms with E-state index in [1.165, 1.54) is 6.07 Å². The van der Waals surface area contributed by atoms with Gasteiger partial charge in [-0.25, -0.2) is 0 Å². The molecule has 2 aromatic carbocycles. The smallest absolute Gasteiger partial charge is 0.269 e. The van der Waals surface area contributed by atoms with E-state index >= 15 is 0 Å². The second-order valence-corrected chi connectivity index (χ2v) is 5.15. The molecule has 2 aromatic rings. The summed E-state index contributed by atoms with van der Waals surface area (Å²) in [5.41, 5.74) is 2.23. The minimum Gasteiger partial charge on any atom is -0.365 e. The Balaban J connectivity index is 2.27. The number of non-ortho nitro benzene ring substituents is 1. The number of nitro benzene ring substituents is 1. The van der Waals surface area contributed by atoms with Crippen LogP contribution in [0.1, 0.15) is 25.8 Å². The Morgan fingerprint density at radius 2 is 1.86 bits per heavy atom. The lowest BCUT2D eigenvalue weighted by molar-refractivity contribution is -0.384. The highest BCUT2D eigenvalue weighted by molar-refractivity contribution is 5.48. The normalized spacial score (nSPS) is 11.9. The van der Waals surface area contributed by atoms with Crippen LogP contribution in [-0.4, -0.2) is 11.0 Å². The molecule has 0 fully saturated rings. The number of hydrogen-bond acceptors (Lipinski definition) is 3. The zero-order valence-corrected chi connectivity index (χ0v) is 12.4. The lowest BCUT2D eigenvalue weighted by atomic mass is 10.1. The molecule has 0 radical (unpaired) electrons. The molecular weight excluding hydrogens is 264 g/mol. The van der Waals surface area contributed by atoms with E-state index in [1.54, 1.807) is 12.1 Å². The van der Waals surface area contributed by atoms with Crippen LogP contribution in [0.2, 0.25) is 0 Å². The van der Waals surface area contributed by atoms with Crippen LogP contribution in [0.15, 0.2) is 54.6 Å². The average Bonchev–Trinajstić information content (AvgIpc) is 2.53. The van der Waals surface area contributed by atoms with Crippen LogP contribution in [0.4, 0.5) is 11.4 Å². The Labute approximate surface area is 125 Å². The maximum absolute atomic E-state index is 10.9. The summed E-state index contributed by atoms with van der Waals surface area (Å²) in [6.07, 6.45) is 1.02. The van der Waals surface area contributed by atoms with Crippen molar-refractivity contribution in [3.8, 4) is 0 Å². The van der Waals surface area contributed by atoms with Gasteiger partial charge in [0, 0.05) is 30.4 Å². The Bertz CT molecular complexity index is 599. The maximum Gasteiger partial charge on any atom is 0.269 e. The quantitative estimate of drug-likeness (QED) is 0.583. The lowest BCUT2D eigenvalue weighted by Gasteiger charge is -2.31. The highest BCUT2D eigenvalue weighted by Gasteiger charge is 2.14. The molecule has 4 heteroatoms. The van der Waals surface area contributed by atoms with Gasteiger partial charge in [0.05, 0.1) is 4.92 Å². The van der Waals surface area contributed by atoms with Crippen molar-refractivity contribution in [2.75, 3.05) is 4.90 Å². The van der Waals surface area contributed by atoms with Crippen molar-refractivity contribution in [3.05, 3.63) is 70.3 Å². The van der Waals surface area contributed by atoms with Gasteiger partial charge in [-0.3, -0.25) is 10.1 Å². The lowest BCUT2D eigenvalue weighted by Crippen LogP contribution is -2.31. The molecule has 1 unspecified atom stereocenters. The highest BCUT2D eigenvalue weighted by Crippen LogP contribution is 2.22. The molecule has 0 spiro atoms. The van der Waals surface area contributed by atoms with E-state index in [9.17, 15) is 10.1 Å². The fraction of sp³-hybridized carbons (Fsp3) is 0.294. The first-order valence-corrected chi connectivity index (χ1v) is 7.17. The van der Waals surface area contributed by atoms with Crippen molar-refractivity contribution in [2.24, 2.45) is 0 Å². The monoisotopic (exact) mass is 284 g/mol. The van der Waals surface area contributed by atoms with Gasteiger partial charge in [0.15, 0.2) is 0 Å². The van der Waals surface area contributed by atoms with E-state index in [-0.39, 0.29) is 10.6 Å². The SMILES string of the molecule is CCC(C)N(Cc1cccc([N+](=O)[O-])c1)c1ccccc1. The van der Waals surface area contributed by atoms with E-state index in [0.717, 1.165) is 17.7 Å². The Morgan fingerprint density at radius 1 is 1.14 bits per heavy atom. The largest absolute Gasteiger partial charge is 0.365 e. The summed E-state index contributed by atoms with van der Waals surface area (Å²) >= 11 is 0. The molecule has 0 saturated carbocycles. The molecule has 0 amide bonds. The second kappa shape index (κ2) is 6.88. The van der Waals surface area contributed by atoms with Crippen molar-refractivity contribution in [1.82, 2.24) is 0 Å². The molecule has 0 N–H and O–H groups in total. The number of nitro groups is 1. The first-order valence-electron chi connectivity index (χ1n) is 7.17. The Kier molecular flexibility index (Phi) is 4.93. The van der Waals surface area contributed by atoms with Gasteiger partial charge in [0.1, 0.15) is 0 Å². The summed E-state index contributed by atoms with van der Waals surface area (Å²) < 4.78 is 0. The summed E-state index contributed by atoms with van der Waals surface area (Å²) in [7, 11) is 0. The summed E-state index contributed by atoms with van der Waals surface area (Å²) in [6, 6.07) is 17.4. The molecule has 21 heavy (non-hydrogen) atoms. The highest BCUT2D eigenvalue weighted by atomic mass is 16.6. The van der Waals surface area contributed by atoms with Crippen molar-refractivity contribution in [3.63, 3.8) is 0 Å². The minimum absolute atomic E-state index is 0.143. The third-order valence-electron chi connectivity index (χ3n) is 3.69. The number of hydrogen-bond donors (Lipinski definition) is 0. The zero-order chi connectivity index (χ0) is 15.2. The first kappa shape index (κ1) is 15.0. The summed E-state index contributed by atoms with van der Waals surface area (Å²) in [5, 5.41) is 10.9. The maximum atomic E-state index is 10.9. The third kappa shape index (κ3) is 3.81. The van der Waals surface area contributed by atoms with Crippen LogP contribution in [0.3, 0.4) is 0 Å². The molecule has 0 saturated heterocycles. The zero-order valence-electron chi connectivity index (χ0n) is 12.4. The number of benzene rings is 2. The summed E-state index contributed by atoms with van der Waals surface area (Å²) in [5.74, 6) is 0. The molecule has 0 aliphatic rings. The van der Waals surface area contributed by atoms with Crippen LogP contribution in [-0.2, 0) is 6.54 Å². The Hall–Kier alpha value is -2.36. The second-order valence-electron chi connectivity index (χ2n) is 5.15. The van der Waals surface area contributed by atoms with Gasteiger partial charge < -0.3 is 4.90 Å². The minimum atomic E-state index is -0.348. The fourth-order valence-corrected chi connectivity index (χ4v) is 2.31. The van der Waals surface area contributed by atoms with Crippen LogP contribution in [0, 0.1) is 10.1 Å². The standard InChI is InChI=1S/C17H20N2O2/c1-3-14(2)18(16-9-5-4-6-10-16)13-15-8-7-11-17(12-15)19(20)21/h4-12,14H,3,13H2,1-2H3. The molecule has 0 bridgehead atoms. The van der Waals surface area contributed by atoms with Gasteiger partial charge in [-0.15, -0.1) is 0 Å². The molecule has 110 valence electrons. The summed E-state index contributed by atoms with van der Waals surface area (Å²) in [4.78, 5) is 12.8. The average molecular weight is 284 g/mol. The van der Waals surface area contributed by atoms with Crippen LogP contribution in [0.25, 0.3) is 0 Å². The van der Waals surface area contributed by atoms with Gasteiger partial charge in [-0.2, -0.15) is 0 Å². The van der Waals surface area contributed by atoms with Crippen LogP contribution >= 0.6 is 0 Å². The van der Waals surface area contributed by atoms with E-state index in [4.69, 9.17) is 0 Å². The van der Waals surface area contributed by atoms with Crippen LogP contribution in [0.5, 0.6) is 0 Å². The topological polar surface area (TPSA) is 46.4 Å². The number of rotatable bonds is 6. The number of nitrogens with zero attached hydrogens (tertiary/aromatic N) is 2. The third-order valence-corrected chi connectivity index (χ3v) is 3.69. The fourth-order valence-electron chi connectivity index (χ4n) is 2.31. The van der Waals surface area contributed by atoms with Crippen molar-refractivity contribution >= 4 is 11.4 Å². The molecule has 0 aromatic heterocycles. The predicted molar refractivity (Wildman–Crippen MR) is 85.5 cm³/mol. The van der Waals surface area contributed by atoms with Gasteiger partial charge >= 0.3 is 0 Å². The van der Waals surface area contributed by atoms with E-state index in [2.05, 4.69) is 30.9 Å². The molecular formula is C17H20N2O2. The van der Waals surface area contributed by atoms with Gasteiger partial charge in [0.2, 0.25) is 0 Å². The van der Waals surface area contributed by atoms with E-state index < -0.39 is 0 Å². The predicted octanol–water partition coefficient (Wildman–Crippen LogP) is 4.40. The summed E-state index contributed by atoms with van der Waals surface area (Å²) in [6.45, 7) is 4.99. The number of para-hydroxylation sites is 1. The molecule has 2 rings (SSSR count). The molecule has 0 heterocycles. The van der Waals surface area contributed by atoms with Crippen molar-refractivity contribution in [2.45, 2.75) is 32.9 Å². The first-order chi connectivity index (χ1) is 10.1. The van der Waals surface area contributed by atoms with Crippen LogP contribution < -0.4 is 4.90 Å². The molecule has 0 aliphatic heterocycles. The molecule has 0 aliphatic carbocycles. The van der Waals surface area contributed by atoms with E-state index in [0.29, 0.717) is 12.6 Å². The van der Waals surface area contributed by atoms with Crippen molar-refractivity contribution in [1.29, 1.82) is 0 Å². The van der Waals surface area contributed by atoms with Gasteiger partial charge in [-0.1, -0.05) is 37.3 Å². The van der Waals surface area contributed by atoms with E-state index in [1.807, 2.05) is 24.3 Å². The van der Waals surface area contributed by atoms with Gasteiger partial charge in [-0.05, 0) is 31.0 Å². The number of anilines is 1. The van der Waals surface area contributed by atoms with Gasteiger partial charge in [0.25, 0.3) is 5.69 Å². The molecule has 1 atom stereocenters. The molecule has 4 nitrogen and oxygen atoms in total. The Morgan fingerprint density at radius 3 is 2.48 bits per heavy atom.